The van der Waals surface area contributed by atoms with E-state index in [1.165, 1.54) is 38.0 Å². The van der Waals surface area contributed by atoms with E-state index >= 15 is 0 Å². The van der Waals surface area contributed by atoms with Crippen molar-refractivity contribution in [2.75, 3.05) is 33.3 Å². The van der Waals surface area contributed by atoms with Crippen LogP contribution in [0.3, 0.4) is 0 Å². The van der Waals surface area contributed by atoms with Gasteiger partial charge in [0.05, 0.1) is 7.11 Å². The minimum absolute atomic E-state index is 0.473. The lowest BCUT2D eigenvalue weighted by atomic mass is 9.96. The Balaban J connectivity index is 1.97. The van der Waals surface area contributed by atoms with Crippen molar-refractivity contribution in [2.24, 2.45) is 5.92 Å². The molecule has 1 aliphatic rings. The zero-order valence-corrected chi connectivity index (χ0v) is 13.1. The summed E-state index contributed by atoms with van der Waals surface area (Å²) in [6.07, 6.45) is 2.62. The molecule has 1 heterocycles. The summed E-state index contributed by atoms with van der Waals surface area (Å²) >= 11 is 0. The minimum atomic E-state index is 0.473. The topological polar surface area (TPSA) is 24.5 Å². The Morgan fingerprint density at radius 3 is 2.45 bits per heavy atom. The Hall–Kier alpha value is -1.06. The molecule has 1 unspecified atom stereocenters. The monoisotopic (exact) mass is 276 g/mol. The summed E-state index contributed by atoms with van der Waals surface area (Å²) in [5.74, 6) is 1.78. The van der Waals surface area contributed by atoms with Crippen LogP contribution >= 0.6 is 0 Å². The number of benzene rings is 1. The van der Waals surface area contributed by atoms with E-state index < -0.39 is 0 Å². The maximum Gasteiger partial charge on any atom is 0.118 e. The summed E-state index contributed by atoms with van der Waals surface area (Å²) in [6.45, 7) is 9.26. The zero-order valence-electron chi connectivity index (χ0n) is 13.1. The van der Waals surface area contributed by atoms with Gasteiger partial charge in [-0.15, -0.1) is 0 Å². The highest BCUT2D eigenvalue weighted by Gasteiger charge is 2.20. The zero-order chi connectivity index (χ0) is 14.4. The van der Waals surface area contributed by atoms with Crippen LogP contribution in [-0.4, -0.2) is 38.2 Å². The maximum atomic E-state index is 5.24. The van der Waals surface area contributed by atoms with Gasteiger partial charge in [0.25, 0.3) is 0 Å². The van der Waals surface area contributed by atoms with E-state index in [9.17, 15) is 0 Å². The second-order valence-electron chi connectivity index (χ2n) is 5.73. The molecule has 1 aromatic carbocycles. The van der Waals surface area contributed by atoms with Gasteiger partial charge < -0.3 is 10.1 Å². The molecule has 1 aromatic rings. The number of rotatable bonds is 6. The molecule has 112 valence electrons. The lowest BCUT2D eigenvalue weighted by molar-refractivity contribution is 0.169. The standard InChI is InChI=1S/C17H28N2O/c1-4-19(13-15-9-11-18-12-10-15)14(2)16-5-7-17(20-3)8-6-16/h5-8,14-15,18H,4,9-13H2,1-3H3. The average Bonchev–Trinajstić information content (AvgIpc) is 2.53. The van der Waals surface area contributed by atoms with Crippen LogP contribution in [0.2, 0.25) is 0 Å². The van der Waals surface area contributed by atoms with Crippen molar-refractivity contribution >= 4 is 0 Å². The number of piperidine rings is 1. The largest absolute Gasteiger partial charge is 0.497 e. The molecule has 3 heteroatoms. The van der Waals surface area contributed by atoms with Gasteiger partial charge in [-0.25, -0.2) is 0 Å². The van der Waals surface area contributed by atoms with Gasteiger partial charge in [0.1, 0.15) is 5.75 Å². The molecular formula is C17H28N2O. The van der Waals surface area contributed by atoms with Gasteiger partial charge in [-0.1, -0.05) is 19.1 Å². The molecule has 0 saturated carbocycles. The molecule has 0 spiro atoms. The van der Waals surface area contributed by atoms with Crippen molar-refractivity contribution in [2.45, 2.75) is 32.7 Å². The summed E-state index contributed by atoms with van der Waals surface area (Å²) in [4.78, 5) is 2.60. The fourth-order valence-corrected chi connectivity index (χ4v) is 3.05. The third-order valence-electron chi connectivity index (χ3n) is 4.50. The first-order valence-corrected chi connectivity index (χ1v) is 7.83. The Morgan fingerprint density at radius 1 is 1.25 bits per heavy atom. The molecule has 0 aromatic heterocycles. The van der Waals surface area contributed by atoms with Crippen LogP contribution in [0.25, 0.3) is 0 Å². The Labute approximate surface area is 123 Å². The van der Waals surface area contributed by atoms with Gasteiger partial charge in [-0.3, -0.25) is 4.90 Å². The van der Waals surface area contributed by atoms with Gasteiger partial charge in [-0.05, 0) is 63.0 Å². The quantitative estimate of drug-likeness (QED) is 0.864. The Bertz CT molecular complexity index is 384. The van der Waals surface area contributed by atoms with Crippen LogP contribution < -0.4 is 10.1 Å². The molecule has 3 nitrogen and oxygen atoms in total. The lowest BCUT2D eigenvalue weighted by Crippen LogP contribution is -2.37. The molecule has 0 aliphatic carbocycles. The van der Waals surface area contributed by atoms with E-state index in [-0.39, 0.29) is 0 Å². The molecule has 20 heavy (non-hydrogen) atoms. The van der Waals surface area contributed by atoms with Gasteiger partial charge in [-0.2, -0.15) is 0 Å². The van der Waals surface area contributed by atoms with Crippen molar-refractivity contribution in [1.82, 2.24) is 10.2 Å². The van der Waals surface area contributed by atoms with Crippen LogP contribution in [0.4, 0.5) is 0 Å². The van der Waals surface area contributed by atoms with E-state index in [4.69, 9.17) is 4.74 Å². The molecule has 1 N–H and O–H groups in total. The normalized spacial score (nSPS) is 18.2. The van der Waals surface area contributed by atoms with E-state index in [0.717, 1.165) is 18.2 Å². The smallest absolute Gasteiger partial charge is 0.118 e. The molecule has 1 saturated heterocycles. The average molecular weight is 276 g/mol. The molecule has 1 aliphatic heterocycles. The van der Waals surface area contributed by atoms with Crippen LogP contribution in [0, 0.1) is 5.92 Å². The van der Waals surface area contributed by atoms with Crippen molar-refractivity contribution in [3.05, 3.63) is 29.8 Å². The highest BCUT2D eigenvalue weighted by molar-refractivity contribution is 5.28. The van der Waals surface area contributed by atoms with Gasteiger partial charge in [0, 0.05) is 12.6 Å². The van der Waals surface area contributed by atoms with Crippen molar-refractivity contribution in [3.63, 3.8) is 0 Å². The van der Waals surface area contributed by atoms with Gasteiger partial charge in [0.2, 0.25) is 0 Å². The van der Waals surface area contributed by atoms with E-state index in [2.05, 4.69) is 48.3 Å². The fourth-order valence-electron chi connectivity index (χ4n) is 3.05. The first-order chi connectivity index (χ1) is 9.74. The Kier molecular flexibility index (Phi) is 5.86. The second kappa shape index (κ2) is 7.65. The van der Waals surface area contributed by atoms with E-state index in [0.29, 0.717) is 6.04 Å². The summed E-state index contributed by atoms with van der Waals surface area (Å²) in [5, 5.41) is 3.45. The third-order valence-corrected chi connectivity index (χ3v) is 4.50. The highest BCUT2D eigenvalue weighted by atomic mass is 16.5. The molecule has 0 radical (unpaired) electrons. The predicted octanol–water partition coefficient (Wildman–Crippen LogP) is 3.08. The molecule has 1 atom stereocenters. The van der Waals surface area contributed by atoms with Crippen molar-refractivity contribution in [1.29, 1.82) is 0 Å². The third kappa shape index (κ3) is 3.97. The maximum absolute atomic E-state index is 5.24. The second-order valence-corrected chi connectivity index (χ2v) is 5.73. The first kappa shape index (κ1) is 15.3. The molecule has 1 fully saturated rings. The number of hydrogen-bond donors (Lipinski definition) is 1. The van der Waals surface area contributed by atoms with Crippen molar-refractivity contribution < 1.29 is 4.74 Å². The highest BCUT2D eigenvalue weighted by Crippen LogP contribution is 2.25. The van der Waals surface area contributed by atoms with Crippen LogP contribution in [0.5, 0.6) is 5.75 Å². The van der Waals surface area contributed by atoms with E-state index in [1.807, 2.05) is 0 Å². The summed E-state index contributed by atoms with van der Waals surface area (Å²) in [7, 11) is 1.72. The molecular weight excluding hydrogens is 248 g/mol. The SMILES string of the molecule is CCN(CC1CCNCC1)C(C)c1ccc(OC)cc1. The molecule has 0 bridgehead atoms. The van der Waals surface area contributed by atoms with Gasteiger partial charge >= 0.3 is 0 Å². The predicted molar refractivity (Wildman–Crippen MR) is 84.2 cm³/mol. The first-order valence-electron chi connectivity index (χ1n) is 7.83. The summed E-state index contributed by atoms with van der Waals surface area (Å²) < 4.78 is 5.24. The number of nitrogens with zero attached hydrogens (tertiary/aromatic N) is 1. The summed E-state index contributed by atoms with van der Waals surface area (Å²) in [6, 6.07) is 8.97. The van der Waals surface area contributed by atoms with Crippen LogP contribution in [0.1, 0.15) is 38.3 Å². The molecule has 2 rings (SSSR count). The number of hydrogen-bond acceptors (Lipinski definition) is 3. The van der Waals surface area contributed by atoms with Crippen molar-refractivity contribution in [3.8, 4) is 5.75 Å². The number of nitrogens with one attached hydrogen (secondary N) is 1. The van der Waals surface area contributed by atoms with Crippen LogP contribution in [0.15, 0.2) is 24.3 Å². The summed E-state index contributed by atoms with van der Waals surface area (Å²) in [5.41, 5.74) is 1.38. The lowest BCUT2D eigenvalue weighted by Gasteiger charge is -2.33. The van der Waals surface area contributed by atoms with Crippen LogP contribution in [-0.2, 0) is 0 Å². The number of ether oxygens (including phenoxy) is 1. The Morgan fingerprint density at radius 2 is 1.90 bits per heavy atom. The van der Waals surface area contributed by atoms with E-state index in [1.54, 1.807) is 7.11 Å². The van der Waals surface area contributed by atoms with Gasteiger partial charge in [0.15, 0.2) is 0 Å². The minimum Gasteiger partial charge on any atom is -0.497 e. The fraction of sp³-hybridized carbons (Fsp3) is 0.647. The number of methoxy groups -OCH3 is 1. The molecule has 0 amide bonds.